The standard InChI is InChI=1S/C26H30N4O5/c1-3-18(7-6-15-28-14-5-4-8-23(28)33)29-16-13-21-24(26(34)35-2)27-30(25(21)22(32)17-29)19-9-11-20(31)12-10-19/h3,6-7,9-12,31H,4-5,8,13-17H2,1-2H3/b7-6-,18-3+. The molecule has 0 aliphatic carbocycles. The van der Waals surface area contributed by atoms with Crippen LogP contribution in [0, 0.1) is 0 Å². The van der Waals surface area contributed by atoms with Crippen molar-refractivity contribution >= 4 is 17.7 Å². The van der Waals surface area contributed by atoms with Crippen LogP contribution in [0.1, 0.15) is 52.7 Å². The number of piperidine rings is 1. The summed E-state index contributed by atoms with van der Waals surface area (Å²) >= 11 is 0. The van der Waals surface area contributed by atoms with E-state index in [1.807, 2.05) is 35.0 Å². The number of hydrogen-bond donors (Lipinski definition) is 1. The quantitative estimate of drug-likeness (QED) is 0.503. The Balaban J connectivity index is 1.59. The Morgan fingerprint density at radius 3 is 2.60 bits per heavy atom. The minimum atomic E-state index is -0.600. The fourth-order valence-electron chi connectivity index (χ4n) is 4.55. The monoisotopic (exact) mass is 478 g/mol. The zero-order valence-corrected chi connectivity index (χ0v) is 20.1. The topological polar surface area (TPSA) is 105 Å². The van der Waals surface area contributed by atoms with E-state index in [-0.39, 0.29) is 29.7 Å². The van der Waals surface area contributed by atoms with Crippen molar-refractivity contribution in [2.24, 2.45) is 0 Å². The molecule has 1 fully saturated rings. The van der Waals surface area contributed by atoms with Crippen LogP contribution in [0.2, 0.25) is 0 Å². The summed E-state index contributed by atoms with van der Waals surface area (Å²) < 4.78 is 6.39. The molecule has 0 spiro atoms. The highest BCUT2D eigenvalue weighted by molar-refractivity contribution is 6.02. The molecule has 1 aromatic heterocycles. The van der Waals surface area contributed by atoms with Gasteiger partial charge in [0.15, 0.2) is 5.69 Å². The molecule has 1 amide bonds. The Kier molecular flexibility index (Phi) is 7.33. The summed E-state index contributed by atoms with van der Waals surface area (Å²) in [5.41, 5.74) is 2.45. The number of ketones is 1. The van der Waals surface area contributed by atoms with E-state index in [1.165, 1.54) is 23.9 Å². The van der Waals surface area contributed by atoms with Gasteiger partial charge in [0.2, 0.25) is 11.7 Å². The average molecular weight is 479 g/mol. The van der Waals surface area contributed by atoms with E-state index in [1.54, 1.807) is 12.1 Å². The van der Waals surface area contributed by atoms with Crippen LogP contribution in [0.5, 0.6) is 5.75 Å². The molecule has 9 nitrogen and oxygen atoms in total. The molecule has 0 saturated carbocycles. The molecule has 184 valence electrons. The van der Waals surface area contributed by atoms with Gasteiger partial charge < -0.3 is 19.6 Å². The maximum Gasteiger partial charge on any atom is 0.358 e. The number of esters is 1. The second kappa shape index (κ2) is 10.6. The number of amides is 1. The van der Waals surface area contributed by atoms with Crippen molar-refractivity contribution in [1.82, 2.24) is 19.6 Å². The summed E-state index contributed by atoms with van der Waals surface area (Å²) in [6, 6.07) is 6.29. The number of ether oxygens (including phenoxy) is 1. The predicted molar refractivity (Wildman–Crippen MR) is 130 cm³/mol. The number of aromatic hydroxyl groups is 1. The molecule has 0 bridgehead atoms. The highest BCUT2D eigenvalue weighted by atomic mass is 16.5. The number of fused-ring (bicyclic) bond motifs is 1. The van der Waals surface area contributed by atoms with Crippen molar-refractivity contribution in [3.63, 3.8) is 0 Å². The third-order valence-corrected chi connectivity index (χ3v) is 6.38. The van der Waals surface area contributed by atoms with Crippen LogP contribution in [0.4, 0.5) is 0 Å². The number of phenols is 1. The number of hydrogen-bond acceptors (Lipinski definition) is 7. The molecule has 2 aromatic rings. The predicted octanol–water partition coefficient (Wildman–Crippen LogP) is 2.88. The lowest BCUT2D eigenvalue weighted by Crippen LogP contribution is -2.35. The van der Waals surface area contributed by atoms with Crippen molar-refractivity contribution < 1.29 is 24.2 Å². The molecule has 4 rings (SSSR count). The Bertz CT molecular complexity index is 1180. The first-order chi connectivity index (χ1) is 16.9. The molecule has 9 heteroatoms. The van der Waals surface area contributed by atoms with Crippen molar-refractivity contribution in [2.45, 2.75) is 32.6 Å². The van der Waals surface area contributed by atoms with E-state index in [2.05, 4.69) is 5.10 Å². The number of aromatic nitrogens is 2. The first-order valence-electron chi connectivity index (χ1n) is 11.8. The summed E-state index contributed by atoms with van der Waals surface area (Å²) in [6.45, 7) is 3.85. The van der Waals surface area contributed by atoms with Crippen LogP contribution in [0.25, 0.3) is 5.69 Å². The molecular weight excluding hydrogens is 448 g/mol. The first kappa shape index (κ1) is 24.3. The zero-order chi connectivity index (χ0) is 24.9. The molecule has 2 aliphatic heterocycles. The molecule has 0 atom stereocenters. The van der Waals surface area contributed by atoms with Gasteiger partial charge in [-0.2, -0.15) is 5.10 Å². The van der Waals surface area contributed by atoms with Crippen molar-refractivity contribution in [3.05, 3.63) is 65.1 Å². The van der Waals surface area contributed by atoms with Crippen LogP contribution >= 0.6 is 0 Å². The summed E-state index contributed by atoms with van der Waals surface area (Å²) in [4.78, 5) is 41.8. The second-order valence-corrected chi connectivity index (χ2v) is 8.60. The third kappa shape index (κ3) is 5.13. The number of rotatable bonds is 6. The molecule has 1 aromatic carbocycles. The van der Waals surface area contributed by atoms with Crippen molar-refractivity contribution in [2.75, 3.05) is 33.3 Å². The van der Waals surface area contributed by atoms with Gasteiger partial charge in [-0.25, -0.2) is 9.48 Å². The maximum absolute atomic E-state index is 13.5. The lowest BCUT2D eigenvalue weighted by atomic mass is 10.1. The van der Waals surface area contributed by atoms with Crippen LogP contribution in [-0.4, -0.2) is 75.6 Å². The number of allylic oxidation sites excluding steroid dienone is 2. The van der Waals surface area contributed by atoms with E-state index in [0.717, 1.165) is 25.1 Å². The number of carbonyl (C=O) groups is 3. The van der Waals surface area contributed by atoms with Gasteiger partial charge in [-0.15, -0.1) is 0 Å². The molecule has 1 N–H and O–H groups in total. The van der Waals surface area contributed by atoms with Gasteiger partial charge in [0, 0.05) is 37.3 Å². The van der Waals surface area contributed by atoms with Crippen molar-refractivity contribution in [3.8, 4) is 11.4 Å². The third-order valence-electron chi connectivity index (χ3n) is 6.38. The van der Waals surface area contributed by atoms with E-state index >= 15 is 0 Å². The normalized spacial score (nSPS) is 17.0. The number of benzene rings is 1. The Morgan fingerprint density at radius 1 is 1.14 bits per heavy atom. The smallest absolute Gasteiger partial charge is 0.358 e. The summed E-state index contributed by atoms with van der Waals surface area (Å²) in [6.07, 6.45) is 8.84. The summed E-state index contributed by atoms with van der Waals surface area (Å²) in [7, 11) is 1.29. The highest BCUT2D eigenvalue weighted by Gasteiger charge is 2.32. The first-order valence-corrected chi connectivity index (χ1v) is 11.8. The molecule has 0 unspecified atom stereocenters. The number of carbonyl (C=O) groups excluding carboxylic acids is 3. The maximum atomic E-state index is 13.5. The molecule has 2 aliphatic rings. The van der Waals surface area contributed by atoms with E-state index in [9.17, 15) is 19.5 Å². The number of methoxy groups -OCH3 is 1. The molecule has 1 saturated heterocycles. The van der Waals surface area contributed by atoms with Crippen LogP contribution in [0.3, 0.4) is 0 Å². The van der Waals surface area contributed by atoms with E-state index in [4.69, 9.17) is 4.74 Å². The fraction of sp³-hybridized carbons (Fsp3) is 0.385. The van der Waals surface area contributed by atoms with Crippen LogP contribution < -0.4 is 0 Å². The Morgan fingerprint density at radius 2 is 1.91 bits per heavy atom. The van der Waals surface area contributed by atoms with Gasteiger partial charge in [0.05, 0.1) is 19.3 Å². The molecule has 0 radical (unpaired) electrons. The van der Waals surface area contributed by atoms with Gasteiger partial charge in [0.1, 0.15) is 11.4 Å². The van der Waals surface area contributed by atoms with E-state index < -0.39 is 5.97 Å². The summed E-state index contributed by atoms with van der Waals surface area (Å²) in [5, 5.41) is 14.1. The second-order valence-electron chi connectivity index (χ2n) is 8.60. The molecular formula is C26H30N4O5. The highest BCUT2D eigenvalue weighted by Crippen LogP contribution is 2.26. The van der Waals surface area contributed by atoms with Gasteiger partial charge in [-0.05, 0) is 56.5 Å². The largest absolute Gasteiger partial charge is 0.508 e. The fourth-order valence-corrected chi connectivity index (χ4v) is 4.55. The number of Topliss-reactive ketones (excluding diaryl/α,β-unsaturated/α-hetero) is 1. The Labute approximate surface area is 204 Å². The minimum Gasteiger partial charge on any atom is -0.508 e. The summed E-state index contributed by atoms with van der Waals surface area (Å²) in [5.74, 6) is -0.504. The van der Waals surface area contributed by atoms with Crippen molar-refractivity contribution in [1.29, 1.82) is 0 Å². The van der Waals surface area contributed by atoms with Crippen LogP contribution in [0.15, 0.2) is 48.2 Å². The SMILES string of the molecule is C/C=C(\C=C/CN1CCCCC1=O)N1CCc2c(C(=O)OC)nn(-c3ccc(O)cc3)c2C(=O)C1. The molecule has 35 heavy (non-hydrogen) atoms. The Hall–Kier alpha value is -3.88. The lowest BCUT2D eigenvalue weighted by Gasteiger charge is -2.26. The lowest BCUT2D eigenvalue weighted by molar-refractivity contribution is -0.132. The number of phenolic OH excluding ortho intramolecular Hbond substituents is 1. The van der Waals surface area contributed by atoms with Crippen LogP contribution in [-0.2, 0) is 16.0 Å². The van der Waals surface area contributed by atoms with Gasteiger partial charge in [-0.3, -0.25) is 9.59 Å². The number of likely N-dealkylation sites (tertiary alicyclic amines) is 1. The van der Waals surface area contributed by atoms with E-state index in [0.29, 0.717) is 42.9 Å². The van der Waals surface area contributed by atoms with Gasteiger partial charge >= 0.3 is 5.97 Å². The minimum absolute atomic E-state index is 0.0912. The average Bonchev–Trinajstić information content (AvgIpc) is 3.16. The van der Waals surface area contributed by atoms with Gasteiger partial charge in [-0.1, -0.05) is 12.2 Å². The van der Waals surface area contributed by atoms with Gasteiger partial charge in [0.25, 0.3) is 0 Å². The zero-order valence-electron chi connectivity index (χ0n) is 20.1. The molecule has 3 heterocycles. The number of nitrogens with zero attached hydrogens (tertiary/aromatic N) is 4.